The van der Waals surface area contributed by atoms with Crippen LogP contribution in [0.25, 0.3) is 0 Å². The van der Waals surface area contributed by atoms with Crippen molar-refractivity contribution in [3.63, 3.8) is 0 Å². The zero-order valence-corrected chi connectivity index (χ0v) is 12.8. The lowest BCUT2D eigenvalue weighted by atomic mass is 10.2. The summed E-state index contributed by atoms with van der Waals surface area (Å²) in [6.45, 7) is 1.94. The molecule has 0 saturated heterocycles. The molecule has 0 bridgehead atoms. The second-order valence-electron chi connectivity index (χ2n) is 4.43. The number of nitro groups is 1. The lowest BCUT2D eigenvalue weighted by molar-refractivity contribution is -0.383. The molecule has 0 atom stereocenters. The number of para-hydroxylation sites is 2. The van der Waals surface area contributed by atoms with E-state index < -0.39 is 16.8 Å². The lowest BCUT2D eigenvalue weighted by Crippen LogP contribution is -2.37. The number of amides is 1. The fraction of sp³-hybridized carbons (Fsp3) is 0.385. The van der Waals surface area contributed by atoms with Crippen LogP contribution in [0.3, 0.4) is 0 Å². The number of nitrogens with one attached hydrogen (secondary N) is 1. The number of hydrogen-bond acceptors (Lipinski definition) is 5. The maximum Gasteiger partial charge on any atom is 0.317 e. The quantitative estimate of drug-likeness (QED) is 0.554. The molecule has 0 aliphatic rings. The van der Waals surface area contributed by atoms with Gasteiger partial charge in [-0.1, -0.05) is 19.1 Å². The smallest absolute Gasteiger partial charge is 0.317 e. The van der Waals surface area contributed by atoms with Gasteiger partial charge in [-0.3, -0.25) is 24.6 Å². The number of aliphatic carboxylic acids is 1. The second-order valence-corrected chi connectivity index (χ2v) is 4.43. The van der Waals surface area contributed by atoms with Crippen molar-refractivity contribution < 1.29 is 19.6 Å². The first kappa shape index (κ1) is 19.8. The number of anilines is 1. The second kappa shape index (κ2) is 9.69. The summed E-state index contributed by atoms with van der Waals surface area (Å²) in [5.74, 6) is -1.51. The molecule has 22 heavy (non-hydrogen) atoms. The van der Waals surface area contributed by atoms with E-state index in [1.54, 1.807) is 6.07 Å². The number of hydrogen-bond donors (Lipinski definition) is 2. The van der Waals surface area contributed by atoms with Crippen molar-refractivity contribution in [3.05, 3.63) is 34.4 Å². The molecule has 0 unspecified atom stereocenters. The molecule has 8 nitrogen and oxygen atoms in total. The van der Waals surface area contributed by atoms with Gasteiger partial charge in [0, 0.05) is 6.07 Å². The molecule has 0 saturated carbocycles. The van der Waals surface area contributed by atoms with Crippen LogP contribution in [-0.4, -0.2) is 46.4 Å². The van der Waals surface area contributed by atoms with E-state index in [1.807, 2.05) is 6.92 Å². The minimum absolute atomic E-state index is 0. The van der Waals surface area contributed by atoms with E-state index >= 15 is 0 Å². The Kier molecular flexibility index (Phi) is 8.73. The van der Waals surface area contributed by atoms with Crippen LogP contribution in [0.2, 0.25) is 0 Å². The van der Waals surface area contributed by atoms with Gasteiger partial charge in [0.1, 0.15) is 5.69 Å². The molecule has 1 aromatic rings. The van der Waals surface area contributed by atoms with E-state index in [0.29, 0.717) is 13.0 Å². The Hall–Kier alpha value is -2.19. The van der Waals surface area contributed by atoms with Crippen LogP contribution in [0, 0.1) is 10.1 Å². The van der Waals surface area contributed by atoms with Crippen molar-refractivity contribution in [1.29, 1.82) is 0 Å². The molecule has 1 aromatic carbocycles. The van der Waals surface area contributed by atoms with Crippen LogP contribution < -0.4 is 5.32 Å². The molecule has 9 heteroatoms. The van der Waals surface area contributed by atoms with Crippen LogP contribution >= 0.6 is 12.4 Å². The van der Waals surface area contributed by atoms with Crippen LogP contribution in [0.1, 0.15) is 13.3 Å². The Morgan fingerprint density at radius 1 is 1.32 bits per heavy atom. The Bertz CT molecular complexity index is 538. The number of rotatable bonds is 8. The van der Waals surface area contributed by atoms with Gasteiger partial charge in [0.05, 0.1) is 18.0 Å². The molecule has 0 heterocycles. The molecule has 0 aliphatic heterocycles. The van der Waals surface area contributed by atoms with Crippen molar-refractivity contribution in [2.45, 2.75) is 13.3 Å². The minimum atomic E-state index is -1.03. The molecule has 0 aromatic heterocycles. The number of carboxylic acid groups (broad SMARTS) is 1. The predicted octanol–water partition coefficient (Wildman–Crippen LogP) is 1.75. The molecule has 0 spiro atoms. The van der Waals surface area contributed by atoms with Crippen molar-refractivity contribution in [3.8, 4) is 0 Å². The van der Waals surface area contributed by atoms with Crippen LogP contribution in [0.4, 0.5) is 11.4 Å². The average molecular weight is 332 g/mol. The summed E-state index contributed by atoms with van der Waals surface area (Å²) in [7, 11) is 0. The monoisotopic (exact) mass is 331 g/mol. The summed E-state index contributed by atoms with van der Waals surface area (Å²) in [5.41, 5.74) is -0.106. The van der Waals surface area contributed by atoms with Gasteiger partial charge in [-0.2, -0.15) is 0 Å². The van der Waals surface area contributed by atoms with Crippen molar-refractivity contribution in [2.24, 2.45) is 0 Å². The van der Waals surface area contributed by atoms with Gasteiger partial charge in [-0.25, -0.2) is 0 Å². The maximum atomic E-state index is 11.9. The fourth-order valence-corrected chi connectivity index (χ4v) is 1.85. The van der Waals surface area contributed by atoms with Crippen LogP contribution in [0.15, 0.2) is 24.3 Å². The Morgan fingerprint density at radius 3 is 2.50 bits per heavy atom. The van der Waals surface area contributed by atoms with Gasteiger partial charge in [-0.05, 0) is 19.0 Å². The molecule has 0 fully saturated rings. The van der Waals surface area contributed by atoms with E-state index in [4.69, 9.17) is 5.11 Å². The molecule has 2 N–H and O–H groups in total. The summed E-state index contributed by atoms with van der Waals surface area (Å²) in [5, 5.41) is 22.0. The van der Waals surface area contributed by atoms with E-state index in [-0.39, 0.29) is 36.9 Å². The topological polar surface area (TPSA) is 113 Å². The van der Waals surface area contributed by atoms with Gasteiger partial charge in [0.25, 0.3) is 5.69 Å². The number of carbonyl (C=O) groups excluding carboxylic acids is 1. The Morgan fingerprint density at radius 2 is 1.95 bits per heavy atom. The van der Waals surface area contributed by atoms with E-state index in [1.165, 1.54) is 23.1 Å². The Balaban J connectivity index is 0.00000441. The Labute approximate surface area is 133 Å². The summed E-state index contributed by atoms with van der Waals surface area (Å²) in [6.07, 6.45) is 0.700. The number of carbonyl (C=O) groups is 2. The SMILES string of the molecule is CCCN(CC(=O)O)CC(=O)Nc1ccccc1[N+](=O)[O-].Cl. The first-order chi connectivity index (χ1) is 9.93. The standard InChI is InChI=1S/C13H17N3O5.ClH/c1-2-7-15(9-13(18)19)8-12(17)14-10-5-3-4-6-11(10)16(20)21;/h3-6H,2,7-9H2,1H3,(H,14,17)(H,18,19);1H. The molecule has 0 aliphatic carbocycles. The van der Waals surface area contributed by atoms with Gasteiger partial charge in [0.2, 0.25) is 5.91 Å². The van der Waals surface area contributed by atoms with Crippen molar-refractivity contribution >= 4 is 35.7 Å². The third kappa shape index (κ3) is 6.51. The van der Waals surface area contributed by atoms with Gasteiger partial charge >= 0.3 is 5.97 Å². The molecule has 122 valence electrons. The molecular formula is C13H18ClN3O5. The third-order valence-electron chi connectivity index (χ3n) is 2.64. The van der Waals surface area contributed by atoms with Crippen molar-refractivity contribution in [1.82, 2.24) is 4.90 Å². The first-order valence-corrected chi connectivity index (χ1v) is 6.41. The zero-order chi connectivity index (χ0) is 15.8. The lowest BCUT2D eigenvalue weighted by Gasteiger charge is -2.18. The van der Waals surface area contributed by atoms with E-state index in [9.17, 15) is 19.7 Å². The minimum Gasteiger partial charge on any atom is -0.480 e. The zero-order valence-electron chi connectivity index (χ0n) is 12.0. The molecule has 1 amide bonds. The van der Waals surface area contributed by atoms with Gasteiger partial charge < -0.3 is 10.4 Å². The summed E-state index contributed by atoms with van der Waals surface area (Å²) in [4.78, 5) is 34.3. The predicted molar refractivity (Wildman–Crippen MR) is 83.3 cm³/mol. The highest BCUT2D eigenvalue weighted by atomic mass is 35.5. The maximum absolute atomic E-state index is 11.9. The fourth-order valence-electron chi connectivity index (χ4n) is 1.85. The number of nitrogens with zero attached hydrogens (tertiary/aromatic N) is 2. The highest BCUT2D eigenvalue weighted by Crippen LogP contribution is 2.22. The number of carboxylic acids is 1. The van der Waals surface area contributed by atoms with Gasteiger partial charge in [-0.15, -0.1) is 12.4 Å². The average Bonchev–Trinajstić information content (AvgIpc) is 2.38. The van der Waals surface area contributed by atoms with Crippen LogP contribution in [-0.2, 0) is 9.59 Å². The van der Waals surface area contributed by atoms with Crippen LogP contribution in [0.5, 0.6) is 0 Å². The summed E-state index contributed by atoms with van der Waals surface area (Å²) >= 11 is 0. The molecule has 1 rings (SSSR count). The van der Waals surface area contributed by atoms with Crippen molar-refractivity contribution in [2.75, 3.05) is 25.0 Å². The highest BCUT2D eigenvalue weighted by molar-refractivity contribution is 5.94. The number of halogens is 1. The summed E-state index contributed by atoms with van der Waals surface area (Å²) < 4.78 is 0. The summed E-state index contributed by atoms with van der Waals surface area (Å²) in [6, 6.07) is 5.79. The number of nitro benzene ring substituents is 1. The highest BCUT2D eigenvalue weighted by Gasteiger charge is 2.17. The normalized spacial score (nSPS) is 9.91. The largest absolute Gasteiger partial charge is 0.480 e. The van der Waals surface area contributed by atoms with Gasteiger partial charge in [0.15, 0.2) is 0 Å². The molecular weight excluding hydrogens is 314 g/mol. The number of benzene rings is 1. The molecule has 0 radical (unpaired) electrons. The van der Waals surface area contributed by atoms with E-state index in [2.05, 4.69) is 5.32 Å². The first-order valence-electron chi connectivity index (χ1n) is 6.41. The third-order valence-corrected chi connectivity index (χ3v) is 2.64. The van der Waals surface area contributed by atoms with E-state index in [0.717, 1.165) is 0 Å².